The summed E-state index contributed by atoms with van der Waals surface area (Å²) < 4.78 is 0. The van der Waals surface area contributed by atoms with Crippen molar-refractivity contribution in [3.05, 3.63) is 35.9 Å². The molecular weight excluding hydrogens is 226 g/mol. The van der Waals surface area contributed by atoms with Crippen LogP contribution in [-0.4, -0.2) is 35.6 Å². The molecule has 0 aliphatic rings. The lowest BCUT2D eigenvalue weighted by molar-refractivity contribution is -0.134. The molecule has 0 heterocycles. The number of aliphatic carboxylic acids is 1. The summed E-state index contributed by atoms with van der Waals surface area (Å²) in [4.78, 5) is 11.5. The minimum atomic E-state index is -0.833. The van der Waals surface area contributed by atoms with Gasteiger partial charge in [0, 0.05) is 6.92 Å². The smallest absolute Gasteiger partial charge is 0.300 e. The van der Waals surface area contributed by atoms with Gasteiger partial charge in [0.25, 0.3) is 5.97 Å². The Bertz CT molecular complexity index is 304. The summed E-state index contributed by atoms with van der Waals surface area (Å²) in [6.07, 6.45) is 2.48. The van der Waals surface area contributed by atoms with Crippen molar-refractivity contribution in [2.75, 3.05) is 19.6 Å². The standard InChI is InChI=1S/C13H21N.C2H4O2/c1-3-14(4-2)12-8-11-13-9-6-5-7-10-13;1-2(3)4/h5-7,9-10H,3-4,8,11-12H2,1-2H3;1H3,(H,3,4). The van der Waals surface area contributed by atoms with E-state index in [0.29, 0.717) is 0 Å². The number of rotatable bonds is 6. The fourth-order valence-electron chi connectivity index (χ4n) is 1.69. The van der Waals surface area contributed by atoms with Crippen LogP contribution in [0.4, 0.5) is 0 Å². The van der Waals surface area contributed by atoms with E-state index in [4.69, 9.17) is 9.90 Å². The second kappa shape index (κ2) is 10.8. The minimum absolute atomic E-state index is 0.833. The molecule has 18 heavy (non-hydrogen) atoms. The van der Waals surface area contributed by atoms with Crippen molar-refractivity contribution in [2.24, 2.45) is 0 Å². The fourth-order valence-corrected chi connectivity index (χ4v) is 1.69. The first-order chi connectivity index (χ1) is 8.60. The first kappa shape index (κ1) is 16.6. The predicted octanol–water partition coefficient (Wildman–Crippen LogP) is 3.05. The Kier molecular flexibility index (Phi) is 9.97. The van der Waals surface area contributed by atoms with E-state index in [2.05, 4.69) is 49.1 Å². The molecule has 0 saturated heterocycles. The predicted molar refractivity (Wildman–Crippen MR) is 75.9 cm³/mol. The van der Waals surface area contributed by atoms with Crippen LogP contribution in [0.3, 0.4) is 0 Å². The highest BCUT2D eigenvalue weighted by Crippen LogP contribution is 2.03. The highest BCUT2D eigenvalue weighted by atomic mass is 16.4. The summed E-state index contributed by atoms with van der Waals surface area (Å²) in [5, 5.41) is 7.42. The van der Waals surface area contributed by atoms with Gasteiger partial charge in [0.1, 0.15) is 0 Å². The number of hydrogen-bond acceptors (Lipinski definition) is 2. The van der Waals surface area contributed by atoms with E-state index in [0.717, 1.165) is 6.92 Å². The van der Waals surface area contributed by atoms with E-state index in [9.17, 15) is 0 Å². The van der Waals surface area contributed by atoms with Gasteiger partial charge in [-0.3, -0.25) is 4.79 Å². The van der Waals surface area contributed by atoms with Gasteiger partial charge < -0.3 is 10.0 Å². The molecule has 102 valence electrons. The Morgan fingerprint density at radius 2 is 1.67 bits per heavy atom. The molecule has 1 rings (SSSR count). The van der Waals surface area contributed by atoms with Crippen LogP contribution in [0.25, 0.3) is 0 Å². The fraction of sp³-hybridized carbons (Fsp3) is 0.533. The third kappa shape index (κ3) is 9.85. The van der Waals surface area contributed by atoms with Gasteiger partial charge in [-0.1, -0.05) is 44.2 Å². The zero-order valence-corrected chi connectivity index (χ0v) is 11.7. The lowest BCUT2D eigenvalue weighted by Gasteiger charge is -2.17. The summed E-state index contributed by atoms with van der Waals surface area (Å²) in [5.41, 5.74) is 1.46. The molecule has 0 aliphatic heterocycles. The SMILES string of the molecule is CC(=O)O.CCN(CC)CCCc1ccccc1. The van der Waals surface area contributed by atoms with Gasteiger partial charge in [-0.05, 0) is 38.0 Å². The van der Waals surface area contributed by atoms with Gasteiger partial charge in [0.2, 0.25) is 0 Å². The summed E-state index contributed by atoms with van der Waals surface area (Å²) >= 11 is 0. The van der Waals surface area contributed by atoms with Gasteiger partial charge in [-0.2, -0.15) is 0 Å². The first-order valence-corrected chi connectivity index (χ1v) is 6.55. The molecule has 0 spiro atoms. The highest BCUT2D eigenvalue weighted by molar-refractivity contribution is 5.62. The quantitative estimate of drug-likeness (QED) is 0.844. The lowest BCUT2D eigenvalue weighted by Crippen LogP contribution is -2.24. The number of aryl methyl sites for hydroxylation is 1. The molecule has 1 N–H and O–H groups in total. The van der Waals surface area contributed by atoms with Gasteiger partial charge >= 0.3 is 0 Å². The van der Waals surface area contributed by atoms with Crippen LogP contribution in [0.5, 0.6) is 0 Å². The molecular formula is C15H25NO2. The van der Waals surface area contributed by atoms with E-state index in [1.807, 2.05) is 0 Å². The van der Waals surface area contributed by atoms with E-state index < -0.39 is 5.97 Å². The molecule has 0 aromatic heterocycles. The zero-order valence-electron chi connectivity index (χ0n) is 11.7. The molecule has 0 radical (unpaired) electrons. The molecule has 0 bridgehead atoms. The second-order valence-electron chi connectivity index (χ2n) is 4.14. The van der Waals surface area contributed by atoms with E-state index in [1.165, 1.54) is 38.0 Å². The van der Waals surface area contributed by atoms with Crippen molar-refractivity contribution >= 4 is 5.97 Å². The Balaban J connectivity index is 0.000000631. The third-order valence-electron chi connectivity index (χ3n) is 2.68. The van der Waals surface area contributed by atoms with Crippen LogP contribution < -0.4 is 0 Å². The summed E-state index contributed by atoms with van der Waals surface area (Å²) in [7, 11) is 0. The number of carbonyl (C=O) groups is 1. The van der Waals surface area contributed by atoms with Crippen molar-refractivity contribution < 1.29 is 9.90 Å². The maximum atomic E-state index is 9.00. The lowest BCUT2D eigenvalue weighted by atomic mass is 10.1. The molecule has 0 atom stereocenters. The Morgan fingerprint density at radius 1 is 1.17 bits per heavy atom. The average Bonchev–Trinajstić information content (AvgIpc) is 2.35. The monoisotopic (exact) mass is 251 g/mol. The van der Waals surface area contributed by atoms with Crippen molar-refractivity contribution in [1.29, 1.82) is 0 Å². The van der Waals surface area contributed by atoms with Crippen LogP contribution in [0.15, 0.2) is 30.3 Å². The third-order valence-corrected chi connectivity index (χ3v) is 2.68. The molecule has 0 aliphatic carbocycles. The number of hydrogen-bond donors (Lipinski definition) is 1. The first-order valence-electron chi connectivity index (χ1n) is 6.55. The summed E-state index contributed by atoms with van der Waals surface area (Å²) in [5.74, 6) is -0.833. The number of benzene rings is 1. The molecule has 1 aromatic carbocycles. The Labute approximate surface area is 110 Å². The van der Waals surface area contributed by atoms with Crippen molar-refractivity contribution in [1.82, 2.24) is 4.90 Å². The van der Waals surface area contributed by atoms with Gasteiger partial charge in [-0.25, -0.2) is 0 Å². The van der Waals surface area contributed by atoms with Gasteiger partial charge in [0.05, 0.1) is 0 Å². The summed E-state index contributed by atoms with van der Waals surface area (Å²) in [6.45, 7) is 9.11. The van der Waals surface area contributed by atoms with E-state index >= 15 is 0 Å². The van der Waals surface area contributed by atoms with Crippen LogP contribution in [0, 0.1) is 0 Å². The van der Waals surface area contributed by atoms with Crippen molar-refractivity contribution in [2.45, 2.75) is 33.6 Å². The van der Waals surface area contributed by atoms with E-state index in [1.54, 1.807) is 0 Å². The molecule has 1 aromatic rings. The molecule has 0 saturated carbocycles. The van der Waals surface area contributed by atoms with Crippen LogP contribution >= 0.6 is 0 Å². The molecule has 0 fully saturated rings. The zero-order chi connectivity index (χ0) is 13.8. The maximum Gasteiger partial charge on any atom is 0.300 e. The second-order valence-corrected chi connectivity index (χ2v) is 4.14. The number of carboxylic acids is 1. The normalized spacial score (nSPS) is 9.78. The average molecular weight is 251 g/mol. The van der Waals surface area contributed by atoms with Gasteiger partial charge in [-0.15, -0.1) is 0 Å². The Morgan fingerprint density at radius 3 is 2.11 bits per heavy atom. The number of carboxylic acid groups (broad SMARTS) is 1. The highest BCUT2D eigenvalue weighted by Gasteiger charge is 1.98. The maximum absolute atomic E-state index is 9.00. The molecule has 0 amide bonds. The van der Waals surface area contributed by atoms with Crippen LogP contribution in [0.2, 0.25) is 0 Å². The number of nitrogens with zero attached hydrogens (tertiary/aromatic N) is 1. The minimum Gasteiger partial charge on any atom is -0.481 e. The summed E-state index contributed by atoms with van der Waals surface area (Å²) in [6, 6.07) is 10.7. The van der Waals surface area contributed by atoms with Gasteiger partial charge in [0.15, 0.2) is 0 Å². The van der Waals surface area contributed by atoms with Crippen molar-refractivity contribution in [3.8, 4) is 0 Å². The van der Waals surface area contributed by atoms with E-state index in [-0.39, 0.29) is 0 Å². The largest absolute Gasteiger partial charge is 0.481 e. The topological polar surface area (TPSA) is 40.5 Å². The molecule has 3 heteroatoms. The molecule has 3 nitrogen and oxygen atoms in total. The van der Waals surface area contributed by atoms with Crippen molar-refractivity contribution in [3.63, 3.8) is 0 Å². The van der Waals surface area contributed by atoms with Crippen LogP contribution in [-0.2, 0) is 11.2 Å². The van der Waals surface area contributed by atoms with Crippen LogP contribution in [0.1, 0.15) is 32.8 Å². The Hall–Kier alpha value is -1.35. The molecule has 0 unspecified atom stereocenters.